The number of hydrogen-bond acceptors (Lipinski definition) is 7. The van der Waals surface area contributed by atoms with Gasteiger partial charge in [-0.25, -0.2) is 9.59 Å². The molecular formula is C25H26N2O8. The van der Waals surface area contributed by atoms with E-state index in [-0.39, 0.29) is 19.1 Å². The van der Waals surface area contributed by atoms with E-state index in [2.05, 4.69) is 15.4 Å². The molecule has 0 radical (unpaired) electrons. The summed E-state index contributed by atoms with van der Waals surface area (Å²) in [6.07, 6.45) is -2.01. The highest BCUT2D eigenvalue weighted by atomic mass is 16.6. The molecule has 1 saturated heterocycles. The molecule has 2 amide bonds. The van der Waals surface area contributed by atoms with Crippen LogP contribution in [0.2, 0.25) is 0 Å². The molecule has 3 atom stereocenters. The molecule has 2 aromatic rings. The number of hydrogen-bond donors (Lipinski definition) is 3. The number of carbonyl (C=O) groups excluding carboxylic acids is 3. The molecule has 1 aliphatic carbocycles. The van der Waals surface area contributed by atoms with Gasteiger partial charge in [-0.3, -0.25) is 9.59 Å². The zero-order chi connectivity index (χ0) is 24.9. The zero-order valence-corrected chi connectivity index (χ0v) is 19.1. The lowest BCUT2D eigenvalue weighted by atomic mass is 9.98. The quantitative estimate of drug-likeness (QED) is 0.484. The van der Waals surface area contributed by atoms with E-state index in [4.69, 9.17) is 9.47 Å². The summed E-state index contributed by atoms with van der Waals surface area (Å²) in [6, 6.07) is 13.7. The minimum absolute atomic E-state index is 0.110. The molecule has 184 valence electrons. The van der Waals surface area contributed by atoms with Crippen LogP contribution < -0.4 is 10.6 Å². The van der Waals surface area contributed by atoms with Crippen molar-refractivity contribution in [3.8, 4) is 11.1 Å². The van der Waals surface area contributed by atoms with Crippen LogP contribution in [-0.2, 0) is 28.6 Å². The normalized spacial score (nSPS) is 19.2. The minimum Gasteiger partial charge on any atom is -0.480 e. The summed E-state index contributed by atoms with van der Waals surface area (Å²) in [7, 11) is 1.12. The van der Waals surface area contributed by atoms with Crippen LogP contribution in [-0.4, -0.2) is 67.6 Å². The van der Waals surface area contributed by atoms with E-state index < -0.39 is 48.5 Å². The lowest BCUT2D eigenvalue weighted by Crippen LogP contribution is -2.52. The summed E-state index contributed by atoms with van der Waals surface area (Å²) in [5.41, 5.74) is 4.37. The number of nitrogens with one attached hydrogen (secondary N) is 2. The van der Waals surface area contributed by atoms with Gasteiger partial charge in [-0.05, 0) is 28.7 Å². The molecule has 2 unspecified atom stereocenters. The number of methoxy groups -OCH3 is 1. The summed E-state index contributed by atoms with van der Waals surface area (Å²) >= 11 is 0. The molecule has 10 nitrogen and oxygen atoms in total. The molecule has 1 fully saturated rings. The number of carboxylic acid groups (broad SMARTS) is 1. The van der Waals surface area contributed by atoms with E-state index in [0.717, 1.165) is 29.4 Å². The van der Waals surface area contributed by atoms with E-state index in [1.807, 2.05) is 48.5 Å². The maximum absolute atomic E-state index is 12.6. The van der Waals surface area contributed by atoms with Crippen LogP contribution in [0.5, 0.6) is 0 Å². The Morgan fingerprint density at radius 3 is 2.29 bits per heavy atom. The fourth-order valence-corrected chi connectivity index (χ4v) is 4.49. The van der Waals surface area contributed by atoms with Crippen molar-refractivity contribution in [3.05, 3.63) is 59.7 Å². The predicted octanol–water partition coefficient (Wildman–Crippen LogP) is 1.82. The van der Waals surface area contributed by atoms with E-state index in [9.17, 15) is 24.3 Å². The molecule has 2 aliphatic rings. The molecule has 0 aromatic heterocycles. The van der Waals surface area contributed by atoms with Crippen molar-refractivity contribution in [1.82, 2.24) is 10.6 Å². The number of amides is 2. The van der Waals surface area contributed by atoms with Gasteiger partial charge in [0.15, 0.2) is 6.10 Å². The first kappa shape index (κ1) is 24.2. The number of rotatable bonds is 8. The maximum Gasteiger partial charge on any atom is 0.407 e. The Labute approximate surface area is 201 Å². The topological polar surface area (TPSA) is 140 Å². The third-order valence-corrected chi connectivity index (χ3v) is 6.21. The van der Waals surface area contributed by atoms with Crippen LogP contribution in [0, 0.1) is 0 Å². The molecule has 1 heterocycles. The van der Waals surface area contributed by atoms with E-state index in [0.29, 0.717) is 6.42 Å². The minimum atomic E-state index is -1.48. The van der Waals surface area contributed by atoms with Gasteiger partial charge in [0, 0.05) is 12.5 Å². The lowest BCUT2D eigenvalue weighted by Gasteiger charge is -2.22. The summed E-state index contributed by atoms with van der Waals surface area (Å²) in [5, 5.41) is 14.2. The Kier molecular flexibility index (Phi) is 7.31. The van der Waals surface area contributed by atoms with Gasteiger partial charge in [-0.1, -0.05) is 48.5 Å². The Hall–Kier alpha value is -3.92. The number of carbonyl (C=O) groups is 4. The van der Waals surface area contributed by atoms with Crippen LogP contribution >= 0.6 is 0 Å². The number of ether oxygens (including phenoxy) is 3. The number of esters is 1. The fraction of sp³-hybridized carbons (Fsp3) is 0.360. The zero-order valence-electron chi connectivity index (χ0n) is 19.1. The van der Waals surface area contributed by atoms with Crippen molar-refractivity contribution < 1.29 is 38.5 Å². The highest BCUT2D eigenvalue weighted by molar-refractivity contribution is 5.90. The molecule has 2 aromatic carbocycles. The summed E-state index contributed by atoms with van der Waals surface area (Å²) in [5.74, 6) is -3.02. The first-order valence-electron chi connectivity index (χ1n) is 11.2. The fourth-order valence-electron chi connectivity index (χ4n) is 4.49. The third kappa shape index (κ3) is 5.27. The van der Waals surface area contributed by atoms with Gasteiger partial charge in [0.2, 0.25) is 0 Å². The largest absolute Gasteiger partial charge is 0.480 e. The van der Waals surface area contributed by atoms with Gasteiger partial charge in [-0.15, -0.1) is 0 Å². The third-order valence-electron chi connectivity index (χ3n) is 6.21. The number of alkyl carbamates (subject to hydrolysis) is 1. The van der Waals surface area contributed by atoms with Gasteiger partial charge in [0.25, 0.3) is 5.91 Å². The Morgan fingerprint density at radius 2 is 1.69 bits per heavy atom. The van der Waals surface area contributed by atoms with Gasteiger partial charge in [0.05, 0.1) is 19.6 Å². The molecular weight excluding hydrogens is 456 g/mol. The second kappa shape index (κ2) is 10.6. The smallest absolute Gasteiger partial charge is 0.407 e. The van der Waals surface area contributed by atoms with Crippen molar-refractivity contribution in [2.75, 3.05) is 20.3 Å². The standard InChI is InChI=1S/C25H26N2O8/c1-33-21(28)12-20(24(30)31)26-23(29)22-19(10-11-34-22)27-25(32)35-13-18-16-8-4-2-6-14(16)15-7-3-5-9-17(15)18/h2-9,18-20,22H,10-13H2,1H3,(H,26,29)(H,27,32)(H,30,31)/t19?,20-,22?/m0/s1. The number of benzene rings is 2. The Morgan fingerprint density at radius 1 is 1.06 bits per heavy atom. The average Bonchev–Trinajstić information content (AvgIpc) is 3.44. The first-order valence-corrected chi connectivity index (χ1v) is 11.2. The number of fused-ring (bicyclic) bond motifs is 3. The van der Waals surface area contributed by atoms with Crippen LogP contribution in [0.3, 0.4) is 0 Å². The Bertz CT molecular complexity index is 1090. The summed E-state index contributed by atoms with van der Waals surface area (Å²) < 4.78 is 15.4. The number of carboxylic acids is 1. The predicted molar refractivity (Wildman–Crippen MR) is 123 cm³/mol. The molecule has 1 aliphatic heterocycles. The van der Waals surface area contributed by atoms with Gasteiger partial charge in [-0.2, -0.15) is 0 Å². The maximum atomic E-state index is 12.6. The highest BCUT2D eigenvalue weighted by Crippen LogP contribution is 2.44. The first-order chi connectivity index (χ1) is 16.9. The van der Waals surface area contributed by atoms with Crippen molar-refractivity contribution in [3.63, 3.8) is 0 Å². The van der Waals surface area contributed by atoms with Crippen molar-refractivity contribution >= 4 is 23.9 Å². The van der Waals surface area contributed by atoms with E-state index in [1.54, 1.807) is 0 Å². The van der Waals surface area contributed by atoms with Crippen LogP contribution in [0.1, 0.15) is 29.9 Å². The molecule has 0 saturated carbocycles. The molecule has 10 heteroatoms. The van der Waals surface area contributed by atoms with Crippen molar-refractivity contribution in [2.45, 2.75) is 36.9 Å². The van der Waals surface area contributed by atoms with Gasteiger partial charge in [0.1, 0.15) is 12.6 Å². The summed E-state index contributed by atoms with van der Waals surface area (Å²) in [4.78, 5) is 48.0. The second-order valence-corrected chi connectivity index (χ2v) is 8.34. The molecule has 3 N–H and O–H groups in total. The van der Waals surface area contributed by atoms with Gasteiger partial charge < -0.3 is 30.0 Å². The number of aliphatic carboxylic acids is 1. The van der Waals surface area contributed by atoms with E-state index in [1.165, 1.54) is 0 Å². The second-order valence-electron chi connectivity index (χ2n) is 8.34. The average molecular weight is 482 g/mol. The SMILES string of the molecule is COC(=O)C[C@H](NC(=O)C1OCCC1NC(=O)OCC1c2ccccc2-c2ccccc21)C(=O)O. The van der Waals surface area contributed by atoms with Gasteiger partial charge >= 0.3 is 18.0 Å². The monoisotopic (exact) mass is 482 g/mol. The molecule has 0 spiro atoms. The molecule has 0 bridgehead atoms. The lowest BCUT2D eigenvalue weighted by molar-refractivity contribution is -0.149. The Balaban J connectivity index is 1.35. The molecule has 4 rings (SSSR count). The van der Waals surface area contributed by atoms with Crippen molar-refractivity contribution in [2.24, 2.45) is 0 Å². The molecule has 35 heavy (non-hydrogen) atoms. The van der Waals surface area contributed by atoms with Crippen LogP contribution in [0.15, 0.2) is 48.5 Å². The van der Waals surface area contributed by atoms with E-state index >= 15 is 0 Å². The highest BCUT2D eigenvalue weighted by Gasteiger charge is 2.38. The van der Waals surface area contributed by atoms with Crippen molar-refractivity contribution in [1.29, 1.82) is 0 Å². The summed E-state index contributed by atoms with van der Waals surface area (Å²) in [6.45, 7) is 0.311. The van der Waals surface area contributed by atoms with Crippen LogP contribution in [0.25, 0.3) is 11.1 Å². The van der Waals surface area contributed by atoms with Crippen LogP contribution in [0.4, 0.5) is 4.79 Å².